The van der Waals surface area contributed by atoms with E-state index in [1.807, 2.05) is 0 Å². The molecule has 2 aliphatic heterocycles. The summed E-state index contributed by atoms with van der Waals surface area (Å²) in [5.74, 6) is -0.680. The van der Waals surface area contributed by atoms with E-state index in [0.717, 1.165) is 4.90 Å². The van der Waals surface area contributed by atoms with Crippen LogP contribution in [0.4, 0.5) is 4.79 Å². The zero-order chi connectivity index (χ0) is 23.1. The van der Waals surface area contributed by atoms with Crippen molar-refractivity contribution in [1.82, 2.24) is 10.2 Å². The minimum Gasteiger partial charge on any atom is -0.390 e. The second-order valence-corrected chi connectivity index (χ2v) is 10.8. The van der Waals surface area contributed by atoms with Gasteiger partial charge in [0.15, 0.2) is 0 Å². The summed E-state index contributed by atoms with van der Waals surface area (Å²) >= 11 is 0. The van der Waals surface area contributed by atoms with Crippen molar-refractivity contribution in [1.29, 1.82) is 0 Å². The second-order valence-electron chi connectivity index (χ2n) is 6.43. The molecule has 1 fully saturated rings. The van der Waals surface area contributed by atoms with Crippen LogP contribution >= 0.6 is 23.5 Å². The van der Waals surface area contributed by atoms with Gasteiger partial charge in [0.05, 0.1) is 12.7 Å². The maximum Gasteiger partial charge on any atom is 0.490 e. The van der Waals surface area contributed by atoms with Gasteiger partial charge in [-0.25, -0.2) is 18.5 Å². The SMILES string of the molecule is C=C1NC(=O)N([C@H]2O[C@@H](COP(=O)(O)OP(=O)(O)OP(=O)(O)O)C(O)C2C)C=C1C. The van der Waals surface area contributed by atoms with Crippen LogP contribution in [0.5, 0.6) is 0 Å². The van der Waals surface area contributed by atoms with E-state index >= 15 is 0 Å². The number of ether oxygens (including phenoxy) is 1. The number of allylic oxidation sites excluding steroid dienone is 1. The molecule has 15 nitrogen and oxygen atoms in total. The highest BCUT2D eigenvalue weighted by Crippen LogP contribution is 2.66. The fourth-order valence-electron chi connectivity index (χ4n) is 2.64. The van der Waals surface area contributed by atoms with Gasteiger partial charge in [0, 0.05) is 17.8 Å². The molecule has 0 radical (unpaired) electrons. The molecule has 0 aromatic carbocycles. The average molecular weight is 494 g/mol. The Kier molecular flexibility index (Phi) is 7.52. The lowest BCUT2D eigenvalue weighted by Gasteiger charge is -2.32. The van der Waals surface area contributed by atoms with Crippen LogP contribution in [0.3, 0.4) is 0 Å². The van der Waals surface area contributed by atoms with Crippen molar-refractivity contribution in [3.05, 3.63) is 24.0 Å². The fraction of sp³-hybridized carbons (Fsp3) is 0.583. The number of nitrogens with zero attached hydrogens (tertiary/aromatic N) is 1. The first-order valence-corrected chi connectivity index (χ1v) is 12.6. The smallest absolute Gasteiger partial charge is 0.390 e. The topological polar surface area (TPSA) is 222 Å². The van der Waals surface area contributed by atoms with Crippen molar-refractivity contribution >= 4 is 29.5 Å². The summed E-state index contributed by atoms with van der Waals surface area (Å²) in [6.45, 7) is 6.03. The molecular weight excluding hydrogens is 473 g/mol. The van der Waals surface area contributed by atoms with Crippen LogP contribution in [0, 0.1) is 5.92 Å². The molecule has 0 aliphatic carbocycles. The highest BCUT2D eigenvalue weighted by Gasteiger charge is 2.47. The summed E-state index contributed by atoms with van der Waals surface area (Å²) in [7, 11) is -16.5. The molecule has 30 heavy (non-hydrogen) atoms. The number of carbonyl (C=O) groups is 1. The number of aliphatic hydroxyl groups excluding tert-OH is 1. The molecule has 2 amide bonds. The third-order valence-corrected chi connectivity index (χ3v) is 7.88. The summed E-state index contributed by atoms with van der Waals surface area (Å²) in [4.78, 5) is 48.9. The van der Waals surface area contributed by atoms with Crippen molar-refractivity contribution in [2.75, 3.05) is 6.61 Å². The van der Waals surface area contributed by atoms with Crippen LogP contribution in [0.2, 0.25) is 0 Å². The number of amides is 2. The highest BCUT2D eigenvalue weighted by molar-refractivity contribution is 7.66. The Balaban J connectivity index is 2.03. The summed E-state index contributed by atoms with van der Waals surface area (Å²) in [6, 6.07) is -0.580. The van der Waals surface area contributed by atoms with E-state index in [4.69, 9.17) is 19.4 Å². The van der Waals surface area contributed by atoms with E-state index in [1.54, 1.807) is 13.8 Å². The lowest BCUT2D eigenvalue weighted by molar-refractivity contribution is -0.0554. The van der Waals surface area contributed by atoms with Crippen LogP contribution in [-0.2, 0) is 31.6 Å². The van der Waals surface area contributed by atoms with Crippen LogP contribution in [0.15, 0.2) is 24.0 Å². The molecule has 0 bridgehead atoms. The van der Waals surface area contributed by atoms with Crippen LogP contribution in [0.1, 0.15) is 13.8 Å². The number of rotatable bonds is 8. The second kappa shape index (κ2) is 8.91. The van der Waals surface area contributed by atoms with Gasteiger partial charge in [-0.05, 0) is 12.5 Å². The maximum absolute atomic E-state index is 12.2. The Labute approximate surface area is 170 Å². The number of phosphoric acid groups is 3. The first-order chi connectivity index (χ1) is 13.5. The van der Waals surface area contributed by atoms with E-state index in [-0.39, 0.29) is 0 Å². The Morgan fingerprint density at radius 2 is 1.80 bits per heavy atom. The van der Waals surface area contributed by atoms with Gasteiger partial charge in [-0.1, -0.05) is 13.5 Å². The minimum absolute atomic E-state index is 0.381. The average Bonchev–Trinajstić information content (AvgIpc) is 2.81. The van der Waals surface area contributed by atoms with Crippen molar-refractivity contribution in [3.63, 3.8) is 0 Å². The molecule has 1 saturated heterocycles. The predicted octanol–water partition coefficient (Wildman–Crippen LogP) is 0.494. The molecule has 6 atom stereocenters. The van der Waals surface area contributed by atoms with Crippen molar-refractivity contribution in [3.8, 4) is 0 Å². The molecule has 0 saturated carbocycles. The van der Waals surface area contributed by atoms with E-state index in [9.17, 15) is 28.5 Å². The third kappa shape index (κ3) is 6.54. The zero-order valence-corrected chi connectivity index (χ0v) is 18.3. The van der Waals surface area contributed by atoms with Gasteiger partial charge in [0.2, 0.25) is 0 Å². The molecule has 4 unspecified atom stereocenters. The normalized spacial score (nSPS) is 31.7. The van der Waals surface area contributed by atoms with Gasteiger partial charge in [-0.2, -0.15) is 8.62 Å². The first-order valence-electron chi connectivity index (χ1n) is 8.10. The molecule has 0 spiro atoms. The number of phosphoric ester groups is 1. The van der Waals surface area contributed by atoms with Gasteiger partial charge in [0.25, 0.3) is 0 Å². The number of hydrogen-bond acceptors (Lipinski definition) is 9. The quantitative estimate of drug-likeness (QED) is 0.253. The lowest BCUT2D eigenvalue weighted by Crippen LogP contribution is -2.48. The molecule has 172 valence electrons. The van der Waals surface area contributed by atoms with Crippen molar-refractivity contribution in [2.24, 2.45) is 5.92 Å². The van der Waals surface area contributed by atoms with E-state index in [0.29, 0.717) is 11.3 Å². The van der Waals surface area contributed by atoms with Crippen molar-refractivity contribution < 1.29 is 61.1 Å². The Morgan fingerprint density at radius 1 is 1.20 bits per heavy atom. The zero-order valence-electron chi connectivity index (χ0n) is 15.6. The van der Waals surface area contributed by atoms with Crippen LogP contribution in [-0.4, -0.2) is 60.7 Å². The number of nitrogens with one attached hydrogen (secondary N) is 1. The van der Waals surface area contributed by atoms with Gasteiger partial charge < -0.3 is 34.7 Å². The van der Waals surface area contributed by atoms with E-state index < -0.39 is 60.5 Å². The Morgan fingerprint density at radius 3 is 2.37 bits per heavy atom. The van der Waals surface area contributed by atoms with Crippen LogP contribution < -0.4 is 5.32 Å². The molecule has 0 aromatic rings. The standard InChI is InChI=1S/C12H21N2O13P3/c1-6-4-14(12(16)13-8(6)3)11-7(2)10(15)9(25-11)5-24-29(20,21)27-30(22,23)26-28(17,18)19/h4,7,9-11,15H,3,5H2,1-2H3,(H,13,16)(H,20,21)(H,22,23)(H2,17,18,19)/t7?,9-,10?,11-/m0/s1. The number of urea groups is 1. The molecule has 2 heterocycles. The number of carbonyl (C=O) groups excluding carboxylic acids is 1. The first kappa shape index (κ1) is 25.3. The summed E-state index contributed by atoms with van der Waals surface area (Å²) in [6.07, 6.45) is -2.09. The van der Waals surface area contributed by atoms with Gasteiger partial charge in [-0.3, -0.25) is 9.42 Å². The van der Waals surface area contributed by atoms with Crippen molar-refractivity contribution in [2.45, 2.75) is 32.3 Å². The molecular formula is C12H21N2O13P3. The van der Waals surface area contributed by atoms with Gasteiger partial charge in [0.1, 0.15) is 12.3 Å². The Bertz CT molecular complexity index is 885. The monoisotopic (exact) mass is 494 g/mol. The predicted molar refractivity (Wildman–Crippen MR) is 96.9 cm³/mol. The molecule has 6 N–H and O–H groups in total. The Hall–Kier alpha value is -0.920. The van der Waals surface area contributed by atoms with E-state index in [2.05, 4.69) is 25.0 Å². The molecule has 0 aromatic heterocycles. The van der Waals surface area contributed by atoms with Gasteiger partial charge >= 0.3 is 29.5 Å². The number of aliphatic hydroxyl groups is 1. The molecule has 18 heteroatoms. The number of hydrogen-bond donors (Lipinski definition) is 6. The summed E-state index contributed by atoms with van der Waals surface area (Å²) in [5, 5.41) is 12.8. The van der Waals surface area contributed by atoms with Gasteiger partial charge in [-0.15, -0.1) is 0 Å². The maximum atomic E-state index is 12.2. The molecule has 2 aliphatic rings. The largest absolute Gasteiger partial charge is 0.490 e. The molecule has 2 rings (SSSR count). The highest BCUT2D eigenvalue weighted by atomic mass is 31.3. The fourth-order valence-corrected chi connectivity index (χ4v) is 5.67. The lowest BCUT2D eigenvalue weighted by atomic mass is 10.0. The van der Waals surface area contributed by atoms with Crippen LogP contribution in [0.25, 0.3) is 0 Å². The third-order valence-electron chi connectivity index (χ3n) is 4.08. The summed E-state index contributed by atoms with van der Waals surface area (Å²) in [5.41, 5.74) is 1.00. The minimum atomic E-state index is -5.66. The van der Waals surface area contributed by atoms with E-state index in [1.165, 1.54) is 6.20 Å². The summed E-state index contributed by atoms with van der Waals surface area (Å²) < 4.78 is 50.9.